The number of hydrogen-bond donors (Lipinski definition) is 0. The molecule has 0 saturated heterocycles. The fourth-order valence-electron chi connectivity index (χ4n) is 5.10. The Kier molecular flexibility index (Phi) is 6.10. The van der Waals surface area contributed by atoms with Gasteiger partial charge in [-0.3, -0.25) is 9.36 Å². The number of para-hydroxylation sites is 4. The van der Waals surface area contributed by atoms with Crippen molar-refractivity contribution in [2.24, 2.45) is 0 Å². The number of hydrogen-bond acceptors (Lipinski definition) is 3. The quantitative estimate of drug-likeness (QED) is 0.252. The third-order valence-electron chi connectivity index (χ3n) is 6.99. The molecule has 0 spiro atoms. The smallest absolute Gasteiger partial charge is 0.266 e. The molecular weight excluding hydrogens is 470 g/mol. The van der Waals surface area contributed by atoms with E-state index in [0.29, 0.717) is 28.2 Å². The first-order valence-corrected chi connectivity index (χ1v) is 12.6. The molecule has 5 heteroatoms. The van der Waals surface area contributed by atoms with Gasteiger partial charge < -0.3 is 9.30 Å². The first-order valence-electron chi connectivity index (χ1n) is 12.6. The predicted octanol–water partition coefficient (Wildman–Crippen LogP) is 6.88. The van der Waals surface area contributed by atoms with Crippen LogP contribution < -0.4 is 10.3 Å². The molecule has 0 radical (unpaired) electrons. The summed E-state index contributed by atoms with van der Waals surface area (Å²) >= 11 is 0. The number of methoxy groups -OCH3 is 1. The maximum Gasteiger partial charge on any atom is 0.266 e. The van der Waals surface area contributed by atoms with E-state index in [9.17, 15) is 4.79 Å². The molecule has 0 aliphatic heterocycles. The third-order valence-corrected chi connectivity index (χ3v) is 6.99. The molecule has 2 heterocycles. The van der Waals surface area contributed by atoms with Crippen LogP contribution in [0.25, 0.3) is 39.6 Å². The molecule has 0 saturated carbocycles. The van der Waals surface area contributed by atoms with E-state index in [0.717, 1.165) is 23.2 Å². The van der Waals surface area contributed by atoms with E-state index in [1.165, 1.54) is 11.1 Å². The van der Waals surface area contributed by atoms with Gasteiger partial charge in [0.2, 0.25) is 0 Å². The lowest BCUT2D eigenvalue weighted by Gasteiger charge is -2.14. The van der Waals surface area contributed by atoms with Gasteiger partial charge >= 0.3 is 0 Å². The average molecular weight is 498 g/mol. The van der Waals surface area contributed by atoms with E-state index in [1.54, 1.807) is 11.7 Å². The molecule has 0 aliphatic carbocycles. The standard InChI is InChI=1S/C33H27N3O2/c1-23-25(26-14-7-9-17-29(26)35(23)22-24-12-4-3-5-13-24)20-21-32-34-28-16-8-6-15-27(28)33(37)36(32)30-18-10-11-19-31(30)38-2/h3-21H,22H2,1-2H3/b21-20+. The molecule has 6 rings (SSSR count). The minimum absolute atomic E-state index is 0.136. The van der Waals surface area contributed by atoms with E-state index >= 15 is 0 Å². The minimum Gasteiger partial charge on any atom is -0.495 e. The third kappa shape index (κ3) is 4.08. The molecule has 0 fully saturated rings. The second-order valence-electron chi connectivity index (χ2n) is 9.22. The van der Waals surface area contributed by atoms with Crippen molar-refractivity contribution in [3.05, 3.63) is 136 Å². The Morgan fingerprint density at radius 3 is 2.29 bits per heavy atom. The molecule has 2 aromatic heterocycles. The van der Waals surface area contributed by atoms with Gasteiger partial charge in [0.25, 0.3) is 5.56 Å². The Labute approximate surface area is 220 Å². The van der Waals surface area contributed by atoms with Crippen molar-refractivity contribution in [1.82, 2.24) is 14.1 Å². The van der Waals surface area contributed by atoms with Crippen LogP contribution in [-0.4, -0.2) is 21.2 Å². The molecule has 0 bridgehead atoms. The number of benzene rings is 4. The lowest BCUT2D eigenvalue weighted by Crippen LogP contribution is -2.22. The van der Waals surface area contributed by atoms with Crippen molar-refractivity contribution in [3.8, 4) is 11.4 Å². The Hall–Kier alpha value is -4.90. The molecule has 4 aromatic carbocycles. The maximum atomic E-state index is 13.7. The first-order chi connectivity index (χ1) is 18.7. The molecule has 0 atom stereocenters. The molecule has 0 N–H and O–H groups in total. The van der Waals surface area contributed by atoms with Crippen LogP contribution in [0.4, 0.5) is 0 Å². The SMILES string of the molecule is COc1ccccc1-n1c(/C=C/c2c(C)n(Cc3ccccc3)c3ccccc23)nc2ccccc2c1=O. The highest BCUT2D eigenvalue weighted by atomic mass is 16.5. The Morgan fingerprint density at radius 1 is 0.789 bits per heavy atom. The summed E-state index contributed by atoms with van der Waals surface area (Å²) in [4.78, 5) is 18.6. The summed E-state index contributed by atoms with van der Waals surface area (Å²) in [6.07, 6.45) is 4.00. The highest BCUT2D eigenvalue weighted by molar-refractivity contribution is 5.94. The van der Waals surface area contributed by atoms with E-state index in [1.807, 2.05) is 60.7 Å². The topological polar surface area (TPSA) is 49.0 Å². The largest absolute Gasteiger partial charge is 0.495 e. The van der Waals surface area contributed by atoms with Crippen LogP contribution in [0.3, 0.4) is 0 Å². The van der Waals surface area contributed by atoms with Gasteiger partial charge in [0.05, 0.1) is 23.7 Å². The number of ether oxygens (including phenoxy) is 1. The Bertz CT molecular complexity index is 1860. The van der Waals surface area contributed by atoms with E-state index in [-0.39, 0.29) is 5.56 Å². The van der Waals surface area contributed by atoms with Gasteiger partial charge in [-0.25, -0.2) is 4.98 Å². The van der Waals surface area contributed by atoms with Crippen molar-refractivity contribution in [3.63, 3.8) is 0 Å². The van der Waals surface area contributed by atoms with Gasteiger partial charge in [-0.1, -0.05) is 72.8 Å². The summed E-state index contributed by atoms with van der Waals surface area (Å²) in [7, 11) is 1.61. The zero-order chi connectivity index (χ0) is 26.1. The van der Waals surface area contributed by atoms with Gasteiger partial charge in [0, 0.05) is 28.7 Å². The summed E-state index contributed by atoms with van der Waals surface area (Å²) < 4.78 is 9.58. The van der Waals surface area contributed by atoms with Crippen LogP contribution >= 0.6 is 0 Å². The average Bonchev–Trinajstić information content (AvgIpc) is 3.22. The zero-order valence-corrected chi connectivity index (χ0v) is 21.3. The summed E-state index contributed by atoms with van der Waals surface area (Å²) in [5, 5.41) is 1.72. The number of aromatic nitrogens is 3. The lowest BCUT2D eigenvalue weighted by atomic mass is 10.1. The van der Waals surface area contributed by atoms with Crippen LogP contribution in [0.5, 0.6) is 5.75 Å². The fraction of sp³-hybridized carbons (Fsp3) is 0.0909. The number of fused-ring (bicyclic) bond motifs is 2. The maximum absolute atomic E-state index is 13.7. The summed E-state index contributed by atoms with van der Waals surface area (Å²) in [6, 6.07) is 33.9. The van der Waals surface area contributed by atoms with Crippen LogP contribution in [-0.2, 0) is 6.54 Å². The summed E-state index contributed by atoms with van der Waals surface area (Å²) in [5.41, 5.74) is 5.84. The van der Waals surface area contributed by atoms with E-state index in [2.05, 4.69) is 66.1 Å². The molecule has 5 nitrogen and oxygen atoms in total. The second kappa shape index (κ2) is 9.87. The molecule has 0 unspecified atom stereocenters. The first kappa shape index (κ1) is 23.5. The molecule has 6 aromatic rings. The number of nitrogens with zero attached hydrogens (tertiary/aromatic N) is 3. The highest BCUT2D eigenvalue weighted by Crippen LogP contribution is 2.29. The number of rotatable bonds is 6. The Morgan fingerprint density at radius 2 is 1.47 bits per heavy atom. The minimum atomic E-state index is -0.136. The van der Waals surface area contributed by atoms with Crippen LogP contribution in [0.15, 0.2) is 108 Å². The summed E-state index contributed by atoms with van der Waals surface area (Å²) in [5.74, 6) is 1.15. The van der Waals surface area contributed by atoms with Crippen LogP contribution in [0.2, 0.25) is 0 Å². The van der Waals surface area contributed by atoms with E-state index in [4.69, 9.17) is 9.72 Å². The van der Waals surface area contributed by atoms with Crippen molar-refractivity contribution < 1.29 is 4.74 Å². The van der Waals surface area contributed by atoms with Crippen molar-refractivity contribution in [2.75, 3.05) is 7.11 Å². The molecule has 186 valence electrons. The van der Waals surface area contributed by atoms with Crippen molar-refractivity contribution in [2.45, 2.75) is 13.5 Å². The molecule has 38 heavy (non-hydrogen) atoms. The highest BCUT2D eigenvalue weighted by Gasteiger charge is 2.16. The molecule has 0 amide bonds. The van der Waals surface area contributed by atoms with Gasteiger partial charge in [-0.05, 0) is 55.0 Å². The van der Waals surface area contributed by atoms with E-state index < -0.39 is 0 Å². The second-order valence-corrected chi connectivity index (χ2v) is 9.22. The van der Waals surface area contributed by atoms with Crippen molar-refractivity contribution in [1.29, 1.82) is 0 Å². The Balaban J connectivity index is 1.54. The van der Waals surface area contributed by atoms with Gasteiger partial charge in [-0.15, -0.1) is 0 Å². The zero-order valence-electron chi connectivity index (χ0n) is 21.3. The monoisotopic (exact) mass is 497 g/mol. The van der Waals surface area contributed by atoms with Gasteiger partial charge in [0.15, 0.2) is 0 Å². The fourth-order valence-corrected chi connectivity index (χ4v) is 5.10. The molecular formula is C33H27N3O2. The summed E-state index contributed by atoms with van der Waals surface area (Å²) in [6.45, 7) is 2.92. The lowest BCUT2D eigenvalue weighted by molar-refractivity contribution is 0.412. The van der Waals surface area contributed by atoms with Gasteiger partial charge in [-0.2, -0.15) is 0 Å². The van der Waals surface area contributed by atoms with Crippen LogP contribution in [0.1, 0.15) is 22.6 Å². The van der Waals surface area contributed by atoms with Crippen LogP contribution in [0, 0.1) is 6.92 Å². The predicted molar refractivity (Wildman–Crippen MR) is 155 cm³/mol. The van der Waals surface area contributed by atoms with Crippen molar-refractivity contribution >= 4 is 34.0 Å². The molecule has 0 aliphatic rings. The van der Waals surface area contributed by atoms with Gasteiger partial charge in [0.1, 0.15) is 11.6 Å². The normalized spacial score (nSPS) is 11.5.